The predicted molar refractivity (Wildman–Crippen MR) is 59.4 cm³/mol. The molecule has 0 saturated heterocycles. The van der Waals surface area contributed by atoms with Crippen molar-refractivity contribution in [3.63, 3.8) is 0 Å². The Kier molecular flexibility index (Phi) is 2.76. The van der Waals surface area contributed by atoms with Crippen molar-refractivity contribution in [3.8, 4) is 0 Å². The number of furan rings is 1. The fourth-order valence-corrected chi connectivity index (χ4v) is 1.39. The van der Waals surface area contributed by atoms with Gasteiger partial charge >= 0.3 is 0 Å². The number of H-pyrrole nitrogens is 1. The molecule has 0 unspecified atom stereocenters. The molecule has 2 heterocycles. The molecule has 0 atom stereocenters. The Morgan fingerprint density at radius 1 is 1.62 bits per heavy atom. The highest BCUT2D eigenvalue weighted by Gasteiger charge is 2.13. The summed E-state index contributed by atoms with van der Waals surface area (Å²) in [5.41, 5.74) is 1.79. The lowest BCUT2D eigenvalue weighted by Gasteiger charge is -1.98. The topological polar surface area (TPSA) is 70.9 Å². The maximum absolute atomic E-state index is 11.7. The summed E-state index contributed by atoms with van der Waals surface area (Å²) in [5, 5.41) is 9.46. The zero-order chi connectivity index (χ0) is 11.5. The van der Waals surface area contributed by atoms with Gasteiger partial charge < -0.3 is 9.73 Å². The molecule has 2 N–H and O–H groups in total. The van der Waals surface area contributed by atoms with Gasteiger partial charge in [-0.05, 0) is 19.4 Å². The molecule has 2 aromatic rings. The number of carbonyl (C=O) groups excluding carboxylic acids is 1. The first kappa shape index (κ1) is 10.5. The molecule has 2 rings (SSSR count). The Bertz CT molecular complexity index is 499. The van der Waals surface area contributed by atoms with Crippen LogP contribution >= 0.6 is 0 Å². The van der Waals surface area contributed by atoms with Crippen LogP contribution in [0, 0.1) is 6.92 Å². The second-order valence-electron chi connectivity index (χ2n) is 3.52. The quantitative estimate of drug-likeness (QED) is 0.830. The molecule has 0 aliphatic carbocycles. The highest BCUT2D eigenvalue weighted by molar-refractivity contribution is 6.02. The Morgan fingerprint density at radius 3 is 3.00 bits per heavy atom. The van der Waals surface area contributed by atoms with Gasteiger partial charge in [0.15, 0.2) is 11.6 Å². The van der Waals surface area contributed by atoms with Crippen LogP contribution in [-0.4, -0.2) is 16.1 Å². The highest BCUT2D eigenvalue weighted by atomic mass is 16.3. The van der Waals surface area contributed by atoms with Gasteiger partial charge in [0, 0.05) is 17.3 Å². The predicted octanol–water partition coefficient (Wildman–Crippen LogP) is 2.13. The van der Waals surface area contributed by atoms with E-state index in [4.69, 9.17) is 4.42 Å². The Labute approximate surface area is 92.9 Å². The van der Waals surface area contributed by atoms with Crippen LogP contribution in [0.15, 0.2) is 22.8 Å². The summed E-state index contributed by atoms with van der Waals surface area (Å²) in [6, 6.07) is 3.55. The minimum atomic E-state index is -0.281. The third-order valence-corrected chi connectivity index (χ3v) is 2.32. The van der Waals surface area contributed by atoms with E-state index in [-0.39, 0.29) is 5.91 Å². The molecule has 0 aliphatic heterocycles. The van der Waals surface area contributed by atoms with Crippen LogP contribution in [0.1, 0.15) is 28.7 Å². The molecule has 16 heavy (non-hydrogen) atoms. The lowest BCUT2D eigenvalue weighted by Crippen LogP contribution is -2.12. The monoisotopic (exact) mass is 219 g/mol. The molecule has 0 aliphatic rings. The third kappa shape index (κ3) is 1.98. The molecular weight excluding hydrogens is 206 g/mol. The van der Waals surface area contributed by atoms with E-state index >= 15 is 0 Å². The zero-order valence-corrected chi connectivity index (χ0v) is 9.20. The molecule has 1 amide bonds. The van der Waals surface area contributed by atoms with E-state index in [1.807, 2.05) is 13.8 Å². The van der Waals surface area contributed by atoms with E-state index in [1.54, 1.807) is 12.1 Å². The number of rotatable bonds is 3. The van der Waals surface area contributed by atoms with E-state index in [0.29, 0.717) is 11.6 Å². The number of carbonyl (C=O) groups is 1. The summed E-state index contributed by atoms with van der Waals surface area (Å²) in [4.78, 5) is 11.7. The zero-order valence-electron chi connectivity index (χ0n) is 9.20. The van der Waals surface area contributed by atoms with Crippen molar-refractivity contribution in [2.45, 2.75) is 20.3 Å². The second kappa shape index (κ2) is 4.22. The van der Waals surface area contributed by atoms with Gasteiger partial charge in [-0.3, -0.25) is 9.89 Å². The van der Waals surface area contributed by atoms with Crippen LogP contribution in [0.4, 0.5) is 5.82 Å². The largest absolute Gasteiger partial charge is 0.459 e. The summed E-state index contributed by atoms with van der Waals surface area (Å²) < 4.78 is 5.08. The Balaban J connectivity index is 2.11. The average molecular weight is 219 g/mol. The lowest BCUT2D eigenvalue weighted by molar-refractivity contribution is 0.0995. The fourth-order valence-electron chi connectivity index (χ4n) is 1.39. The Morgan fingerprint density at radius 2 is 2.44 bits per heavy atom. The standard InChI is InChI=1S/C11H13N3O2/c1-3-8-6-9(14-13-8)12-11(15)10-7(2)4-5-16-10/h4-6H,3H2,1-2H3,(H2,12,13,14,15). The van der Waals surface area contributed by atoms with E-state index in [0.717, 1.165) is 17.7 Å². The van der Waals surface area contributed by atoms with Crippen LogP contribution in [0.3, 0.4) is 0 Å². The van der Waals surface area contributed by atoms with Crippen molar-refractivity contribution >= 4 is 11.7 Å². The van der Waals surface area contributed by atoms with E-state index in [9.17, 15) is 4.79 Å². The van der Waals surface area contributed by atoms with Crippen LogP contribution < -0.4 is 5.32 Å². The number of aromatic nitrogens is 2. The van der Waals surface area contributed by atoms with Gasteiger partial charge in [0.2, 0.25) is 0 Å². The van der Waals surface area contributed by atoms with Gasteiger partial charge in [-0.25, -0.2) is 0 Å². The van der Waals surface area contributed by atoms with Crippen molar-refractivity contribution in [2.75, 3.05) is 5.32 Å². The number of aromatic amines is 1. The number of hydrogen-bond donors (Lipinski definition) is 2. The normalized spacial score (nSPS) is 10.4. The van der Waals surface area contributed by atoms with Crippen molar-refractivity contribution in [1.82, 2.24) is 10.2 Å². The Hall–Kier alpha value is -2.04. The van der Waals surface area contributed by atoms with Crippen LogP contribution in [0.5, 0.6) is 0 Å². The molecule has 84 valence electrons. The van der Waals surface area contributed by atoms with Gasteiger partial charge in [-0.2, -0.15) is 5.10 Å². The molecule has 0 aromatic carbocycles. The van der Waals surface area contributed by atoms with Gasteiger partial charge in [-0.15, -0.1) is 0 Å². The van der Waals surface area contributed by atoms with Crippen molar-refractivity contribution in [2.24, 2.45) is 0 Å². The van der Waals surface area contributed by atoms with Gasteiger partial charge in [0.25, 0.3) is 5.91 Å². The van der Waals surface area contributed by atoms with Crippen molar-refractivity contribution < 1.29 is 9.21 Å². The summed E-state index contributed by atoms with van der Waals surface area (Å²) in [7, 11) is 0. The maximum Gasteiger partial charge on any atom is 0.292 e. The average Bonchev–Trinajstić information content (AvgIpc) is 2.86. The SMILES string of the molecule is CCc1cc(NC(=O)c2occc2C)n[nH]1. The minimum Gasteiger partial charge on any atom is -0.459 e. The molecule has 2 aromatic heterocycles. The summed E-state index contributed by atoms with van der Waals surface area (Å²) in [5.74, 6) is 0.551. The molecular formula is C11H13N3O2. The number of aryl methyl sites for hydroxylation is 2. The van der Waals surface area contributed by atoms with Gasteiger partial charge in [0.1, 0.15) is 0 Å². The van der Waals surface area contributed by atoms with Crippen molar-refractivity contribution in [3.05, 3.63) is 35.4 Å². The summed E-state index contributed by atoms with van der Waals surface area (Å²) in [6.07, 6.45) is 2.34. The number of amides is 1. The van der Waals surface area contributed by atoms with Gasteiger partial charge in [0.05, 0.1) is 6.26 Å². The first-order chi connectivity index (χ1) is 7.70. The smallest absolute Gasteiger partial charge is 0.292 e. The molecule has 5 heteroatoms. The molecule has 0 saturated carbocycles. The number of nitrogens with one attached hydrogen (secondary N) is 2. The minimum absolute atomic E-state index is 0.281. The highest BCUT2D eigenvalue weighted by Crippen LogP contribution is 2.12. The molecule has 5 nitrogen and oxygen atoms in total. The first-order valence-electron chi connectivity index (χ1n) is 5.10. The number of nitrogens with zero attached hydrogens (tertiary/aromatic N) is 1. The molecule has 0 bridgehead atoms. The molecule has 0 radical (unpaired) electrons. The third-order valence-electron chi connectivity index (χ3n) is 2.32. The number of anilines is 1. The summed E-state index contributed by atoms with van der Waals surface area (Å²) >= 11 is 0. The van der Waals surface area contributed by atoms with Crippen LogP contribution in [-0.2, 0) is 6.42 Å². The molecule has 0 fully saturated rings. The number of hydrogen-bond acceptors (Lipinski definition) is 3. The van der Waals surface area contributed by atoms with Crippen molar-refractivity contribution in [1.29, 1.82) is 0 Å². The van der Waals surface area contributed by atoms with E-state index in [1.165, 1.54) is 6.26 Å². The summed E-state index contributed by atoms with van der Waals surface area (Å²) in [6.45, 7) is 3.83. The van der Waals surface area contributed by atoms with Crippen LogP contribution in [0.25, 0.3) is 0 Å². The first-order valence-corrected chi connectivity index (χ1v) is 5.10. The van der Waals surface area contributed by atoms with E-state index in [2.05, 4.69) is 15.5 Å². The van der Waals surface area contributed by atoms with E-state index < -0.39 is 0 Å². The molecule has 0 spiro atoms. The fraction of sp³-hybridized carbons (Fsp3) is 0.273. The lowest BCUT2D eigenvalue weighted by atomic mass is 10.2. The van der Waals surface area contributed by atoms with Gasteiger partial charge in [-0.1, -0.05) is 6.92 Å². The second-order valence-corrected chi connectivity index (χ2v) is 3.52. The van der Waals surface area contributed by atoms with Crippen LogP contribution in [0.2, 0.25) is 0 Å². The maximum atomic E-state index is 11.7.